The molecule has 0 heterocycles. The Hall–Kier alpha value is -0.980. The second-order valence-corrected chi connectivity index (χ2v) is 4.27. The van der Waals surface area contributed by atoms with Crippen molar-refractivity contribution >= 4 is 11.8 Å². The molecule has 0 spiro atoms. The van der Waals surface area contributed by atoms with Crippen LogP contribution in [0.1, 0.15) is 39.0 Å². The molecule has 2 unspecified atom stereocenters. The van der Waals surface area contributed by atoms with Crippen LogP contribution in [0.3, 0.4) is 0 Å². The molecule has 0 rings (SSSR count). The van der Waals surface area contributed by atoms with Gasteiger partial charge in [0.25, 0.3) is 0 Å². The van der Waals surface area contributed by atoms with Crippen molar-refractivity contribution in [2.45, 2.75) is 51.2 Å². The number of Topliss-reactive ketones (excluding diaryl/α,β-unsaturated/α-hetero) is 1. The molecule has 0 aliphatic heterocycles. The van der Waals surface area contributed by atoms with Gasteiger partial charge in [-0.05, 0) is 12.8 Å². The van der Waals surface area contributed by atoms with Crippen molar-refractivity contribution in [1.29, 1.82) is 0 Å². The maximum atomic E-state index is 11.9. The monoisotopic (exact) mass is 245 g/mol. The Morgan fingerprint density at radius 1 is 1.18 bits per heavy atom. The summed E-state index contributed by atoms with van der Waals surface area (Å²) < 4.78 is 0. The quantitative estimate of drug-likeness (QED) is 0.416. The van der Waals surface area contributed by atoms with E-state index in [-0.39, 0.29) is 18.6 Å². The van der Waals surface area contributed by atoms with Gasteiger partial charge in [-0.25, -0.2) is 0 Å². The number of rotatable bonds is 9. The number of unbranched alkanes of at least 4 members (excludes halogenated alkanes) is 1. The lowest BCUT2D eigenvalue weighted by molar-refractivity contribution is -0.137. The zero-order chi connectivity index (χ0) is 13.4. The number of carbonyl (C=O) groups is 2. The molecule has 0 aliphatic carbocycles. The molecule has 0 amide bonds. The molecule has 6 heteroatoms. The number of carboxylic acids is 1. The molecule has 2 atom stereocenters. The first kappa shape index (κ1) is 16.0. The number of carbonyl (C=O) groups excluding carboxylic acids is 1. The van der Waals surface area contributed by atoms with Crippen LogP contribution >= 0.6 is 0 Å². The van der Waals surface area contributed by atoms with Gasteiger partial charge in [0.2, 0.25) is 0 Å². The number of hydrogen-bond donors (Lipinski definition) is 4. The van der Waals surface area contributed by atoms with Crippen molar-refractivity contribution in [2.24, 2.45) is 23.1 Å². The summed E-state index contributed by atoms with van der Waals surface area (Å²) in [6, 6.07) is -0.789. The second kappa shape index (κ2) is 8.16. The molecule has 0 aromatic carbocycles. The van der Waals surface area contributed by atoms with Crippen LogP contribution in [0.5, 0.6) is 0 Å². The van der Waals surface area contributed by atoms with E-state index in [2.05, 4.69) is 0 Å². The van der Waals surface area contributed by atoms with Gasteiger partial charge in [-0.3, -0.25) is 9.59 Å². The fourth-order valence-electron chi connectivity index (χ4n) is 1.64. The topological polar surface area (TPSA) is 132 Å². The summed E-state index contributed by atoms with van der Waals surface area (Å²) in [6.45, 7) is 2.01. The molecule has 0 fully saturated rings. The molecule has 0 aromatic heterocycles. The van der Waals surface area contributed by atoms with Crippen LogP contribution < -0.4 is 17.2 Å². The Bertz CT molecular complexity index is 256. The van der Waals surface area contributed by atoms with Crippen LogP contribution in [0.4, 0.5) is 0 Å². The molecule has 0 radical (unpaired) electrons. The van der Waals surface area contributed by atoms with Crippen molar-refractivity contribution in [3.63, 3.8) is 0 Å². The highest BCUT2D eigenvalue weighted by Gasteiger charge is 2.27. The summed E-state index contributed by atoms with van der Waals surface area (Å²) in [5.41, 5.74) is 16.8. The molecule has 0 aromatic rings. The zero-order valence-corrected chi connectivity index (χ0v) is 10.3. The Balaban J connectivity index is 4.33. The molecule has 0 bridgehead atoms. The van der Waals surface area contributed by atoms with E-state index < -0.39 is 24.1 Å². The second-order valence-electron chi connectivity index (χ2n) is 4.27. The van der Waals surface area contributed by atoms with Gasteiger partial charge in [0, 0.05) is 12.3 Å². The molecule has 0 saturated carbocycles. The minimum absolute atomic E-state index is 0.118. The Labute approximate surface area is 102 Å². The Kier molecular flexibility index (Phi) is 7.69. The Morgan fingerprint density at radius 3 is 2.18 bits per heavy atom. The van der Waals surface area contributed by atoms with Crippen LogP contribution in [-0.4, -0.2) is 29.1 Å². The average molecular weight is 245 g/mol. The van der Waals surface area contributed by atoms with E-state index in [0.29, 0.717) is 6.42 Å². The molecular formula is C11H23N3O3. The van der Waals surface area contributed by atoms with Crippen LogP contribution in [-0.2, 0) is 9.59 Å². The summed E-state index contributed by atoms with van der Waals surface area (Å²) >= 11 is 0. The van der Waals surface area contributed by atoms with Gasteiger partial charge in [0.15, 0.2) is 5.78 Å². The highest BCUT2D eigenvalue weighted by atomic mass is 16.4. The van der Waals surface area contributed by atoms with Gasteiger partial charge in [-0.1, -0.05) is 19.8 Å². The first-order valence-electron chi connectivity index (χ1n) is 5.92. The van der Waals surface area contributed by atoms with Crippen molar-refractivity contribution in [1.82, 2.24) is 0 Å². The van der Waals surface area contributed by atoms with E-state index in [0.717, 1.165) is 12.8 Å². The van der Waals surface area contributed by atoms with Gasteiger partial charge in [0.05, 0.1) is 12.2 Å². The van der Waals surface area contributed by atoms with Crippen molar-refractivity contribution in [3.05, 3.63) is 0 Å². The number of hydrogen-bond acceptors (Lipinski definition) is 5. The van der Waals surface area contributed by atoms with E-state index in [9.17, 15) is 9.59 Å². The van der Waals surface area contributed by atoms with E-state index in [4.69, 9.17) is 22.3 Å². The van der Waals surface area contributed by atoms with E-state index >= 15 is 0 Å². The Morgan fingerprint density at radius 2 is 1.76 bits per heavy atom. The minimum Gasteiger partial charge on any atom is -0.481 e. The fourth-order valence-corrected chi connectivity index (χ4v) is 1.64. The first-order chi connectivity index (χ1) is 7.90. The number of carboxylic acid groups (broad SMARTS) is 1. The number of ketones is 1. The maximum Gasteiger partial charge on any atom is 0.303 e. The van der Waals surface area contributed by atoms with Crippen LogP contribution in [0.25, 0.3) is 0 Å². The smallest absolute Gasteiger partial charge is 0.303 e. The average Bonchev–Trinajstić information content (AvgIpc) is 2.25. The van der Waals surface area contributed by atoms with E-state index in [1.807, 2.05) is 6.92 Å². The third-order valence-electron chi connectivity index (χ3n) is 2.73. The SMILES string of the molecule is CCCCC(C(=O)C(N)CCC(=O)O)C(N)N. The lowest BCUT2D eigenvalue weighted by Gasteiger charge is -2.22. The lowest BCUT2D eigenvalue weighted by Crippen LogP contribution is -2.48. The predicted octanol–water partition coefficient (Wildman–Crippen LogP) is -0.202. The van der Waals surface area contributed by atoms with Gasteiger partial charge in [0.1, 0.15) is 0 Å². The molecule has 17 heavy (non-hydrogen) atoms. The largest absolute Gasteiger partial charge is 0.481 e. The minimum atomic E-state index is -0.963. The highest BCUT2D eigenvalue weighted by molar-refractivity contribution is 5.87. The third-order valence-corrected chi connectivity index (χ3v) is 2.73. The molecule has 0 saturated heterocycles. The fraction of sp³-hybridized carbons (Fsp3) is 0.818. The molecule has 6 nitrogen and oxygen atoms in total. The predicted molar refractivity (Wildman–Crippen MR) is 65.0 cm³/mol. The molecular weight excluding hydrogens is 222 g/mol. The summed E-state index contributed by atoms with van der Waals surface area (Å²) in [6.07, 6.45) is 1.68. The number of nitrogens with two attached hydrogens (primary N) is 3. The summed E-state index contributed by atoms with van der Waals surface area (Å²) in [4.78, 5) is 22.3. The van der Waals surface area contributed by atoms with Gasteiger partial charge in [-0.2, -0.15) is 0 Å². The van der Waals surface area contributed by atoms with Crippen LogP contribution in [0.15, 0.2) is 0 Å². The van der Waals surface area contributed by atoms with E-state index in [1.54, 1.807) is 0 Å². The highest BCUT2D eigenvalue weighted by Crippen LogP contribution is 2.14. The van der Waals surface area contributed by atoms with Crippen LogP contribution in [0, 0.1) is 5.92 Å². The van der Waals surface area contributed by atoms with E-state index in [1.165, 1.54) is 0 Å². The normalized spacial score (nSPS) is 14.6. The van der Waals surface area contributed by atoms with Crippen molar-refractivity contribution < 1.29 is 14.7 Å². The summed E-state index contributed by atoms with van der Waals surface area (Å²) in [5, 5.41) is 8.52. The van der Waals surface area contributed by atoms with Gasteiger partial charge < -0.3 is 22.3 Å². The van der Waals surface area contributed by atoms with Gasteiger partial charge >= 0.3 is 5.97 Å². The third kappa shape index (κ3) is 6.35. The van der Waals surface area contributed by atoms with Crippen molar-refractivity contribution in [2.75, 3.05) is 0 Å². The summed E-state index contributed by atoms with van der Waals surface area (Å²) in [5.74, 6) is -1.66. The molecule has 100 valence electrons. The standard InChI is InChI=1S/C11H23N3O3/c1-2-3-4-7(11(13)14)10(17)8(12)5-6-9(15)16/h7-8,11H,2-6,12-14H2,1H3,(H,15,16). The maximum absolute atomic E-state index is 11.9. The first-order valence-corrected chi connectivity index (χ1v) is 5.92. The zero-order valence-electron chi connectivity index (χ0n) is 10.3. The van der Waals surface area contributed by atoms with Crippen LogP contribution in [0.2, 0.25) is 0 Å². The van der Waals surface area contributed by atoms with Crippen molar-refractivity contribution in [3.8, 4) is 0 Å². The summed E-state index contributed by atoms with van der Waals surface area (Å²) in [7, 11) is 0. The lowest BCUT2D eigenvalue weighted by atomic mass is 9.89. The molecule has 7 N–H and O–H groups in total. The number of aliphatic carboxylic acids is 1. The van der Waals surface area contributed by atoms with Gasteiger partial charge in [-0.15, -0.1) is 0 Å². The molecule has 0 aliphatic rings.